The second-order valence-corrected chi connectivity index (χ2v) is 8.17. The van der Waals surface area contributed by atoms with Crippen LogP contribution in [0.5, 0.6) is 0 Å². The predicted octanol–water partition coefficient (Wildman–Crippen LogP) is 4.46. The first-order chi connectivity index (χ1) is 14.6. The topological polar surface area (TPSA) is 83.9 Å². The van der Waals surface area contributed by atoms with Gasteiger partial charge < -0.3 is 10.2 Å². The first kappa shape index (κ1) is 20.2. The van der Waals surface area contributed by atoms with Crippen molar-refractivity contribution in [3.63, 3.8) is 0 Å². The Kier molecular flexibility index (Phi) is 6.13. The second kappa shape index (κ2) is 9.13. The molecule has 1 fully saturated rings. The quantitative estimate of drug-likeness (QED) is 0.614. The van der Waals surface area contributed by atoms with Gasteiger partial charge in [0, 0.05) is 36.5 Å². The van der Waals surface area contributed by atoms with Crippen molar-refractivity contribution < 1.29 is 4.79 Å². The summed E-state index contributed by atoms with van der Waals surface area (Å²) >= 11 is 1.54. The van der Waals surface area contributed by atoms with Gasteiger partial charge in [0.25, 0.3) is 0 Å². The maximum atomic E-state index is 13.0. The normalized spacial score (nSPS) is 16.7. The predicted molar refractivity (Wildman–Crippen MR) is 118 cm³/mol. The molecule has 1 saturated heterocycles. The fraction of sp³-hybridized carbons (Fsp3) is 0.318. The molecule has 4 rings (SSSR count). The van der Waals surface area contributed by atoms with E-state index in [0.717, 1.165) is 47.9 Å². The largest absolute Gasteiger partial charge is 0.331 e. The number of aryl methyl sites for hydroxylation is 2. The molecule has 0 spiro atoms. The third kappa shape index (κ3) is 4.88. The highest BCUT2D eigenvalue weighted by molar-refractivity contribution is 7.13. The molecule has 1 aliphatic heterocycles. The van der Waals surface area contributed by atoms with Crippen LogP contribution in [0.1, 0.15) is 48.1 Å². The van der Waals surface area contributed by atoms with Gasteiger partial charge in [0.2, 0.25) is 5.91 Å². The number of carbonyl (C=O) groups excluding carboxylic acids is 1. The first-order valence-electron chi connectivity index (χ1n) is 10.0. The maximum absolute atomic E-state index is 13.0. The Morgan fingerprint density at radius 3 is 2.93 bits per heavy atom. The van der Waals surface area contributed by atoms with Crippen LogP contribution in [0.4, 0.5) is 10.9 Å². The van der Waals surface area contributed by atoms with Crippen LogP contribution in [0.3, 0.4) is 0 Å². The fourth-order valence-corrected chi connectivity index (χ4v) is 4.28. The Hall–Kier alpha value is -3.13. The summed E-state index contributed by atoms with van der Waals surface area (Å²) < 4.78 is 0. The van der Waals surface area contributed by atoms with Crippen molar-refractivity contribution >= 4 is 34.3 Å². The van der Waals surface area contributed by atoms with Crippen molar-refractivity contribution in [2.24, 2.45) is 0 Å². The van der Waals surface area contributed by atoms with E-state index in [9.17, 15) is 4.79 Å². The van der Waals surface area contributed by atoms with Crippen molar-refractivity contribution in [3.8, 4) is 0 Å². The molecule has 1 amide bonds. The summed E-state index contributed by atoms with van der Waals surface area (Å²) in [4.78, 5) is 32.6. The SMILES string of the molecule is Cc1csc(Nc2cc(C3CCCCN3C(=O)/C=C/c3cccnc3)nc(C)n2)n1. The van der Waals surface area contributed by atoms with E-state index in [1.54, 1.807) is 29.8 Å². The number of nitrogens with zero attached hydrogens (tertiary/aromatic N) is 5. The second-order valence-electron chi connectivity index (χ2n) is 7.31. The van der Waals surface area contributed by atoms with Crippen LogP contribution in [-0.4, -0.2) is 37.3 Å². The molecular weight excluding hydrogens is 396 g/mol. The first-order valence-corrected chi connectivity index (χ1v) is 10.9. The van der Waals surface area contributed by atoms with Gasteiger partial charge in [0.15, 0.2) is 5.13 Å². The lowest BCUT2D eigenvalue weighted by Gasteiger charge is -2.35. The number of rotatable bonds is 5. The van der Waals surface area contributed by atoms with Crippen LogP contribution < -0.4 is 5.32 Å². The minimum atomic E-state index is -0.0647. The average Bonchev–Trinajstić information content (AvgIpc) is 3.16. The molecule has 8 heteroatoms. The molecular formula is C22H24N6OS. The van der Waals surface area contributed by atoms with Gasteiger partial charge >= 0.3 is 0 Å². The summed E-state index contributed by atoms with van der Waals surface area (Å²) in [7, 11) is 0. The summed E-state index contributed by atoms with van der Waals surface area (Å²) in [5.41, 5.74) is 2.74. The summed E-state index contributed by atoms with van der Waals surface area (Å²) in [5.74, 6) is 1.37. The minimum absolute atomic E-state index is 0.00937. The zero-order valence-electron chi connectivity index (χ0n) is 17.1. The number of anilines is 2. The zero-order valence-corrected chi connectivity index (χ0v) is 17.9. The standard InChI is InChI=1S/C22H24N6OS/c1-15-14-30-22(24-15)27-20-12-18(25-16(2)26-20)19-7-3-4-11-28(19)21(29)9-8-17-6-5-10-23-13-17/h5-6,8-10,12-14,19H,3-4,7,11H2,1-2H3,(H,24,25,26,27)/b9-8+. The number of aromatic nitrogens is 4. The molecule has 3 aromatic heterocycles. The van der Waals surface area contributed by atoms with E-state index in [-0.39, 0.29) is 11.9 Å². The molecule has 0 radical (unpaired) electrons. The molecule has 0 bridgehead atoms. The summed E-state index contributed by atoms with van der Waals surface area (Å²) in [5, 5.41) is 6.06. The number of pyridine rings is 1. The molecule has 1 atom stereocenters. The Morgan fingerprint density at radius 2 is 2.17 bits per heavy atom. The van der Waals surface area contributed by atoms with Crippen molar-refractivity contribution in [1.29, 1.82) is 0 Å². The number of amides is 1. The fourth-order valence-electron chi connectivity index (χ4n) is 3.59. The number of nitrogens with one attached hydrogen (secondary N) is 1. The lowest BCUT2D eigenvalue weighted by molar-refractivity contribution is -0.129. The van der Waals surface area contributed by atoms with Crippen molar-refractivity contribution in [1.82, 2.24) is 24.8 Å². The number of likely N-dealkylation sites (tertiary alicyclic amines) is 1. The Bertz CT molecular complexity index is 1050. The highest BCUT2D eigenvalue weighted by Gasteiger charge is 2.28. The van der Waals surface area contributed by atoms with Gasteiger partial charge in [-0.05, 0) is 50.8 Å². The third-order valence-corrected chi connectivity index (χ3v) is 5.82. The molecule has 1 unspecified atom stereocenters. The summed E-state index contributed by atoms with van der Waals surface area (Å²) in [6, 6.07) is 5.65. The molecule has 30 heavy (non-hydrogen) atoms. The van der Waals surface area contributed by atoms with Crippen molar-refractivity contribution in [3.05, 3.63) is 64.8 Å². The molecule has 0 saturated carbocycles. The van der Waals surface area contributed by atoms with Crippen molar-refractivity contribution in [2.45, 2.75) is 39.2 Å². The van der Waals surface area contributed by atoms with Gasteiger partial charge in [0.1, 0.15) is 11.6 Å². The maximum Gasteiger partial charge on any atom is 0.247 e. The Balaban J connectivity index is 1.56. The van der Waals surface area contributed by atoms with Gasteiger partial charge in [-0.3, -0.25) is 9.78 Å². The molecule has 1 N–H and O–H groups in total. The van der Waals surface area contributed by atoms with E-state index in [0.29, 0.717) is 11.6 Å². The van der Waals surface area contributed by atoms with Gasteiger partial charge in [-0.2, -0.15) is 0 Å². The van der Waals surface area contributed by atoms with E-state index in [1.807, 2.05) is 48.4 Å². The minimum Gasteiger partial charge on any atom is -0.331 e. The molecule has 1 aliphatic rings. The lowest BCUT2D eigenvalue weighted by Crippen LogP contribution is -2.38. The lowest BCUT2D eigenvalue weighted by atomic mass is 9.98. The van der Waals surface area contributed by atoms with E-state index >= 15 is 0 Å². The Labute approximate surface area is 179 Å². The van der Waals surface area contributed by atoms with E-state index < -0.39 is 0 Å². The molecule has 7 nitrogen and oxygen atoms in total. The molecule has 154 valence electrons. The van der Waals surface area contributed by atoms with Gasteiger partial charge in [-0.1, -0.05) is 6.07 Å². The Morgan fingerprint density at radius 1 is 1.27 bits per heavy atom. The molecule has 4 heterocycles. The third-order valence-electron chi connectivity index (χ3n) is 4.94. The van der Waals surface area contributed by atoms with Crippen LogP contribution in [-0.2, 0) is 4.79 Å². The monoisotopic (exact) mass is 420 g/mol. The number of piperidine rings is 1. The van der Waals surface area contributed by atoms with E-state index in [1.165, 1.54) is 0 Å². The van der Waals surface area contributed by atoms with Gasteiger partial charge in [-0.25, -0.2) is 15.0 Å². The van der Waals surface area contributed by atoms with E-state index in [2.05, 4.69) is 25.3 Å². The van der Waals surface area contributed by atoms with Crippen LogP contribution >= 0.6 is 11.3 Å². The van der Waals surface area contributed by atoms with Gasteiger partial charge in [0.05, 0.1) is 17.4 Å². The molecule has 3 aromatic rings. The summed E-state index contributed by atoms with van der Waals surface area (Å²) in [6.07, 6.45) is 9.85. The average molecular weight is 421 g/mol. The smallest absolute Gasteiger partial charge is 0.247 e. The highest BCUT2D eigenvalue weighted by Crippen LogP contribution is 2.32. The van der Waals surface area contributed by atoms with Crippen LogP contribution in [0.25, 0.3) is 6.08 Å². The van der Waals surface area contributed by atoms with Crippen molar-refractivity contribution in [2.75, 3.05) is 11.9 Å². The van der Waals surface area contributed by atoms with Crippen LogP contribution in [0.2, 0.25) is 0 Å². The highest BCUT2D eigenvalue weighted by atomic mass is 32.1. The van der Waals surface area contributed by atoms with E-state index in [4.69, 9.17) is 0 Å². The number of hydrogen-bond donors (Lipinski definition) is 1. The molecule has 0 aliphatic carbocycles. The number of carbonyl (C=O) groups is 1. The molecule has 0 aromatic carbocycles. The van der Waals surface area contributed by atoms with Gasteiger partial charge in [-0.15, -0.1) is 11.3 Å². The van der Waals surface area contributed by atoms with Crippen LogP contribution in [0, 0.1) is 13.8 Å². The van der Waals surface area contributed by atoms with Crippen LogP contribution in [0.15, 0.2) is 42.0 Å². The summed E-state index contributed by atoms with van der Waals surface area (Å²) in [6.45, 7) is 4.56. The zero-order chi connectivity index (χ0) is 20.9. The number of hydrogen-bond acceptors (Lipinski definition) is 7. The number of thiazole rings is 1.